The molecule has 0 aromatic carbocycles. The van der Waals surface area contributed by atoms with Crippen molar-refractivity contribution >= 4 is 11.5 Å². The number of nitro groups is 1. The fourth-order valence-corrected chi connectivity index (χ4v) is 1.73. The lowest BCUT2D eigenvalue weighted by Crippen LogP contribution is -2.07. The Balaban J connectivity index is 1.93. The number of hydrogen-bond acceptors (Lipinski definition) is 5. The Morgan fingerprint density at radius 1 is 1.37 bits per heavy atom. The summed E-state index contributed by atoms with van der Waals surface area (Å²) in [5, 5.41) is 13.8. The average Bonchev–Trinajstić information content (AvgIpc) is 2.39. The monoisotopic (exact) mass is 258 g/mol. The molecule has 0 aliphatic heterocycles. The van der Waals surface area contributed by atoms with E-state index in [1.54, 1.807) is 19.2 Å². The van der Waals surface area contributed by atoms with Crippen molar-refractivity contribution in [3.63, 3.8) is 0 Å². The molecule has 2 aromatic heterocycles. The van der Waals surface area contributed by atoms with Crippen LogP contribution in [0.1, 0.15) is 11.3 Å². The second kappa shape index (κ2) is 5.90. The van der Waals surface area contributed by atoms with Gasteiger partial charge in [0.15, 0.2) is 0 Å². The first-order valence-electron chi connectivity index (χ1n) is 5.91. The average molecular weight is 258 g/mol. The third-order valence-corrected chi connectivity index (χ3v) is 2.70. The summed E-state index contributed by atoms with van der Waals surface area (Å²) in [7, 11) is 0. The third-order valence-electron chi connectivity index (χ3n) is 2.70. The molecule has 2 heterocycles. The number of aryl methyl sites for hydroxylation is 1. The molecule has 0 atom stereocenters. The van der Waals surface area contributed by atoms with E-state index >= 15 is 0 Å². The highest BCUT2D eigenvalue weighted by molar-refractivity contribution is 5.44. The van der Waals surface area contributed by atoms with Crippen molar-refractivity contribution in [1.82, 2.24) is 9.97 Å². The van der Waals surface area contributed by atoms with Crippen LogP contribution in [-0.4, -0.2) is 21.4 Å². The van der Waals surface area contributed by atoms with E-state index < -0.39 is 4.92 Å². The van der Waals surface area contributed by atoms with E-state index in [2.05, 4.69) is 15.3 Å². The molecule has 0 bridgehead atoms. The Morgan fingerprint density at radius 2 is 2.21 bits per heavy atom. The van der Waals surface area contributed by atoms with Gasteiger partial charge >= 0.3 is 0 Å². The normalized spacial score (nSPS) is 10.2. The van der Waals surface area contributed by atoms with Gasteiger partial charge in [0.25, 0.3) is 5.69 Å². The van der Waals surface area contributed by atoms with Crippen LogP contribution in [0, 0.1) is 17.0 Å². The van der Waals surface area contributed by atoms with Crippen molar-refractivity contribution in [3.8, 4) is 0 Å². The third kappa shape index (κ3) is 3.48. The fourth-order valence-electron chi connectivity index (χ4n) is 1.73. The molecule has 0 spiro atoms. The summed E-state index contributed by atoms with van der Waals surface area (Å²) in [5.74, 6) is 0.645. The van der Waals surface area contributed by atoms with Crippen LogP contribution in [0.5, 0.6) is 0 Å². The van der Waals surface area contributed by atoms with Crippen LogP contribution in [-0.2, 0) is 6.42 Å². The molecule has 1 N–H and O–H groups in total. The van der Waals surface area contributed by atoms with E-state index in [9.17, 15) is 10.1 Å². The first kappa shape index (κ1) is 12.9. The molecule has 98 valence electrons. The highest BCUT2D eigenvalue weighted by Gasteiger charge is 2.11. The second-order valence-corrected chi connectivity index (χ2v) is 4.10. The highest BCUT2D eigenvalue weighted by Crippen LogP contribution is 2.17. The number of rotatable bonds is 5. The maximum atomic E-state index is 10.7. The number of nitrogens with zero attached hydrogens (tertiary/aromatic N) is 3. The zero-order valence-electron chi connectivity index (χ0n) is 10.5. The molecule has 0 aliphatic rings. The molecule has 0 amide bonds. The van der Waals surface area contributed by atoms with Gasteiger partial charge in [-0.2, -0.15) is 0 Å². The predicted octanol–water partition coefficient (Wildman–Crippen LogP) is 2.35. The predicted molar refractivity (Wildman–Crippen MR) is 72.1 cm³/mol. The van der Waals surface area contributed by atoms with E-state index in [0.717, 1.165) is 12.0 Å². The van der Waals surface area contributed by atoms with Crippen LogP contribution < -0.4 is 5.32 Å². The fraction of sp³-hybridized carbons (Fsp3) is 0.231. The highest BCUT2D eigenvalue weighted by atomic mass is 16.6. The molecule has 0 unspecified atom stereocenters. The van der Waals surface area contributed by atoms with Crippen LogP contribution in [0.15, 0.2) is 36.7 Å². The molecule has 0 saturated carbocycles. The Labute approximate surface area is 110 Å². The lowest BCUT2D eigenvalue weighted by Gasteiger charge is -2.06. The van der Waals surface area contributed by atoms with Crippen LogP contribution in [0.4, 0.5) is 11.5 Å². The number of aromatic nitrogens is 2. The Bertz CT molecular complexity index is 572. The van der Waals surface area contributed by atoms with E-state index in [4.69, 9.17) is 0 Å². The summed E-state index contributed by atoms with van der Waals surface area (Å²) in [5.41, 5.74) is 1.59. The van der Waals surface area contributed by atoms with Crippen molar-refractivity contribution in [1.29, 1.82) is 0 Å². The van der Waals surface area contributed by atoms with Gasteiger partial charge in [-0.05, 0) is 31.0 Å². The first-order valence-corrected chi connectivity index (χ1v) is 5.91. The maximum absolute atomic E-state index is 10.7. The summed E-state index contributed by atoms with van der Waals surface area (Å²) in [6, 6.07) is 6.98. The molecule has 0 saturated heterocycles. The topological polar surface area (TPSA) is 81.0 Å². The zero-order chi connectivity index (χ0) is 13.7. The molecule has 6 nitrogen and oxygen atoms in total. The molecular weight excluding hydrogens is 244 g/mol. The summed E-state index contributed by atoms with van der Waals surface area (Å²) in [6.07, 6.45) is 4.37. The Hall–Kier alpha value is -2.50. The summed E-state index contributed by atoms with van der Waals surface area (Å²) < 4.78 is 0. The minimum absolute atomic E-state index is 0.0396. The number of hydrogen-bond donors (Lipinski definition) is 1. The standard InChI is InChI=1S/C13H14N4O2/c1-10-12(17(18)19)4-5-13(16-10)15-8-6-11-3-2-7-14-9-11/h2-5,7,9H,6,8H2,1H3,(H,15,16). The molecule has 6 heteroatoms. The van der Waals surface area contributed by atoms with Gasteiger partial charge in [-0.15, -0.1) is 0 Å². The zero-order valence-corrected chi connectivity index (χ0v) is 10.5. The lowest BCUT2D eigenvalue weighted by atomic mass is 10.2. The Morgan fingerprint density at radius 3 is 2.84 bits per heavy atom. The van der Waals surface area contributed by atoms with Gasteiger partial charge in [-0.3, -0.25) is 15.1 Å². The van der Waals surface area contributed by atoms with Crippen LogP contribution in [0.2, 0.25) is 0 Å². The van der Waals surface area contributed by atoms with Crippen LogP contribution in [0.3, 0.4) is 0 Å². The SMILES string of the molecule is Cc1nc(NCCc2cccnc2)ccc1[N+](=O)[O-]. The quantitative estimate of drug-likeness (QED) is 0.657. The van der Waals surface area contributed by atoms with Gasteiger partial charge in [-0.1, -0.05) is 6.07 Å². The Kier molecular flexibility index (Phi) is 4.02. The van der Waals surface area contributed by atoms with Gasteiger partial charge in [0.1, 0.15) is 11.5 Å². The maximum Gasteiger partial charge on any atom is 0.290 e. The van der Waals surface area contributed by atoms with E-state index in [0.29, 0.717) is 18.1 Å². The van der Waals surface area contributed by atoms with Crippen molar-refractivity contribution < 1.29 is 4.92 Å². The van der Waals surface area contributed by atoms with Gasteiger partial charge in [-0.25, -0.2) is 4.98 Å². The molecule has 0 fully saturated rings. The smallest absolute Gasteiger partial charge is 0.290 e. The van der Waals surface area contributed by atoms with E-state index in [-0.39, 0.29) is 5.69 Å². The molecule has 2 rings (SSSR count). The van der Waals surface area contributed by atoms with Gasteiger partial charge in [0, 0.05) is 25.0 Å². The van der Waals surface area contributed by atoms with Gasteiger partial charge in [0.2, 0.25) is 0 Å². The molecular formula is C13H14N4O2. The van der Waals surface area contributed by atoms with Crippen molar-refractivity contribution in [2.45, 2.75) is 13.3 Å². The molecule has 0 aliphatic carbocycles. The number of anilines is 1. The van der Waals surface area contributed by atoms with Crippen molar-refractivity contribution in [2.75, 3.05) is 11.9 Å². The van der Waals surface area contributed by atoms with E-state index in [1.165, 1.54) is 6.07 Å². The second-order valence-electron chi connectivity index (χ2n) is 4.10. The number of nitrogens with one attached hydrogen (secondary N) is 1. The lowest BCUT2D eigenvalue weighted by molar-refractivity contribution is -0.385. The van der Waals surface area contributed by atoms with Crippen molar-refractivity contribution in [3.05, 3.63) is 58.0 Å². The molecule has 0 radical (unpaired) electrons. The van der Waals surface area contributed by atoms with E-state index in [1.807, 2.05) is 18.3 Å². The number of pyridine rings is 2. The van der Waals surface area contributed by atoms with Crippen molar-refractivity contribution in [2.24, 2.45) is 0 Å². The minimum atomic E-state index is -0.429. The summed E-state index contributed by atoms with van der Waals surface area (Å²) in [6.45, 7) is 2.33. The first-order chi connectivity index (χ1) is 9.16. The van der Waals surface area contributed by atoms with Crippen LogP contribution in [0.25, 0.3) is 0 Å². The van der Waals surface area contributed by atoms with Gasteiger partial charge in [0.05, 0.1) is 4.92 Å². The molecule has 2 aromatic rings. The molecule has 19 heavy (non-hydrogen) atoms. The largest absolute Gasteiger partial charge is 0.370 e. The minimum Gasteiger partial charge on any atom is -0.370 e. The van der Waals surface area contributed by atoms with Crippen LogP contribution >= 0.6 is 0 Å². The summed E-state index contributed by atoms with van der Waals surface area (Å²) in [4.78, 5) is 18.4. The van der Waals surface area contributed by atoms with Gasteiger partial charge < -0.3 is 5.32 Å². The summed E-state index contributed by atoms with van der Waals surface area (Å²) >= 11 is 0.